The Morgan fingerprint density at radius 3 is 2.46 bits per heavy atom. The number of carbonyl (C=O) groups excluding carboxylic acids is 2. The fourth-order valence-electron chi connectivity index (χ4n) is 2.35. The first-order chi connectivity index (χ1) is 12.6. The highest BCUT2D eigenvalue weighted by atomic mass is 16.5. The predicted molar refractivity (Wildman–Crippen MR) is 104 cm³/mol. The second kappa shape index (κ2) is 10.2. The van der Waals surface area contributed by atoms with E-state index in [1.807, 2.05) is 37.3 Å². The molecule has 0 atom stereocenters. The predicted octanol–water partition coefficient (Wildman–Crippen LogP) is 2.81. The van der Waals surface area contributed by atoms with Crippen LogP contribution in [0.5, 0.6) is 0 Å². The van der Waals surface area contributed by atoms with Gasteiger partial charge >= 0.3 is 0 Å². The van der Waals surface area contributed by atoms with Gasteiger partial charge in [-0.05, 0) is 49.7 Å². The summed E-state index contributed by atoms with van der Waals surface area (Å²) in [5.41, 5.74) is 3.17. The van der Waals surface area contributed by atoms with Crippen LogP contribution >= 0.6 is 0 Å². The van der Waals surface area contributed by atoms with Crippen molar-refractivity contribution in [3.8, 4) is 0 Å². The third kappa shape index (κ3) is 6.57. The van der Waals surface area contributed by atoms with Crippen molar-refractivity contribution in [2.24, 2.45) is 0 Å². The van der Waals surface area contributed by atoms with Gasteiger partial charge < -0.3 is 20.7 Å². The van der Waals surface area contributed by atoms with E-state index >= 15 is 0 Å². The topological polar surface area (TPSA) is 79.5 Å². The highest BCUT2D eigenvalue weighted by molar-refractivity contribution is 6.04. The van der Waals surface area contributed by atoms with Crippen LogP contribution in [0, 0.1) is 6.92 Å². The van der Waals surface area contributed by atoms with Crippen LogP contribution in [0.4, 0.5) is 11.4 Å². The van der Waals surface area contributed by atoms with Crippen molar-refractivity contribution < 1.29 is 14.3 Å². The summed E-state index contributed by atoms with van der Waals surface area (Å²) in [6.45, 7) is 3.37. The molecule has 0 saturated heterocycles. The van der Waals surface area contributed by atoms with E-state index in [0.29, 0.717) is 24.4 Å². The van der Waals surface area contributed by atoms with E-state index in [0.717, 1.165) is 17.7 Å². The second-order valence-electron chi connectivity index (χ2n) is 5.95. The lowest BCUT2D eigenvalue weighted by Gasteiger charge is -2.09. The van der Waals surface area contributed by atoms with Gasteiger partial charge in [0.25, 0.3) is 5.91 Å². The maximum atomic E-state index is 12.2. The monoisotopic (exact) mass is 355 g/mol. The van der Waals surface area contributed by atoms with Crippen molar-refractivity contribution in [1.82, 2.24) is 5.32 Å². The summed E-state index contributed by atoms with van der Waals surface area (Å²) in [7, 11) is 1.64. The zero-order valence-electron chi connectivity index (χ0n) is 15.2. The summed E-state index contributed by atoms with van der Waals surface area (Å²) in [5, 5.41) is 8.72. The zero-order chi connectivity index (χ0) is 18.8. The number of methoxy groups -OCH3 is 1. The fourth-order valence-corrected chi connectivity index (χ4v) is 2.35. The maximum absolute atomic E-state index is 12.2. The largest absolute Gasteiger partial charge is 0.385 e. The molecule has 0 aliphatic heterocycles. The number of ether oxygens (including phenoxy) is 1. The third-order valence-corrected chi connectivity index (χ3v) is 3.72. The molecule has 26 heavy (non-hydrogen) atoms. The van der Waals surface area contributed by atoms with Gasteiger partial charge in [-0.2, -0.15) is 0 Å². The average molecular weight is 355 g/mol. The quantitative estimate of drug-likeness (QED) is 0.604. The van der Waals surface area contributed by atoms with Crippen molar-refractivity contribution >= 4 is 23.2 Å². The van der Waals surface area contributed by atoms with Crippen molar-refractivity contribution in [3.63, 3.8) is 0 Å². The zero-order valence-corrected chi connectivity index (χ0v) is 15.2. The summed E-state index contributed by atoms with van der Waals surface area (Å²) in [4.78, 5) is 23.9. The van der Waals surface area contributed by atoms with Crippen LogP contribution in [-0.2, 0) is 9.53 Å². The van der Waals surface area contributed by atoms with Crippen molar-refractivity contribution in [3.05, 3.63) is 59.7 Å². The molecule has 0 fully saturated rings. The number of amides is 2. The van der Waals surface area contributed by atoms with Crippen LogP contribution in [0.25, 0.3) is 0 Å². The van der Waals surface area contributed by atoms with Crippen LogP contribution in [-0.4, -0.2) is 38.6 Å². The molecule has 0 bridgehead atoms. The van der Waals surface area contributed by atoms with Gasteiger partial charge in [-0.3, -0.25) is 9.59 Å². The number of anilines is 2. The van der Waals surface area contributed by atoms with Crippen molar-refractivity contribution in [2.75, 3.05) is 37.4 Å². The molecule has 0 aliphatic carbocycles. The lowest BCUT2D eigenvalue weighted by Crippen LogP contribution is -2.31. The van der Waals surface area contributed by atoms with Gasteiger partial charge in [0.1, 0.15) is 0 Å². The molecule has 6 heteroatoms. The van der Waals surface area contributed by atoms with Crippen molar-refractivity contribution in [2.45, 2.75) is 13.3 Å². The Morgan fingerprint density at radius 2 is 1.77 bits per heavy atom. The molecule has 0 unspecified atom stereocenters. The van der Waals surface area contributed by atoms with Gasteiger partial charge in [0.05, 0.1) is 6.54 Å². The van der Waals surface area contributed by atoms with E-state index in [1.54, 1.807) is 25.3 Å². The molecule has 2 aromatic rings. The second-order valence-corrected chi connectivity index (χ2v) is 5.95. The molecule has 0 saturated carbocycles. The normalized spacial score (nSPS) is 10.2. The van der Waals surface area contributed by atoms with Crippen LogP contribution in [0.15, 0.2) is 48.5 Å². The summed E-state index contributed by atoms with van der Waals surface area (Å²) in [6, 6.07) is 14.7. The summed E-state index contributed by atoms with van der Waals surface area (Å²) in [6.07, 6.45) is 0.789. The lowest BCUT2D eigenvalue weighted by molar-refractivity contribution is -0.119. The first-order valence-corrected chi connectivity index (χ1v) is 8.56. The molecule has 2 aromatic carbocycles. The van der Waals surface area contributed by atoms with Gasteiger partial charge in [0, 0.05) is 37.2 Å². The standard InChI is InChI=1S/C20H25N3O3/c1-15-5-3-6-16(13-15)20(25)23-18-9-7-17(8-10-18)22-14-19(24)21-11-4-12-26-2/h3,5-10,13,22H,4,11-12,14H2,1-2H3,(H,21,24)(H,23,25). The molecular weight excluding hydrogens is 330 g/mol. The Kier molecular flexibility index (Phi) is 7.64. The number of carbonyl (C=O) groups is 2. The summed E-state index contributed by atoms with van der Waals surface area (Å²) < 4.78 is 4.93. The molecule has 2 amide bonds. The highest BCUT2D eigenvalue weighted by Crippen LogP contribution is 2.15. The minimum atomic E-state index is -0.148. The van der Waals surface area contributed by atoms with E-state index in [1.165, 1.54) is 0 Å². The molecule has 6 nitrogen and oxygen atoms in total. The molecule has 138 valence electrons. The SMILES string of the molecule is COCCCNC(=O)CNc1ccc(NC(=O)c2cccc(C)c2)cc1. The number of hydrogen-bond donors (Lipinski definition) is 3. The summed E-state index contributed by atoms with van der Waals surface area (Å²) >= 11 is 0. The van der Waals surface area contributed by atoms with Crippen molar-refractivity contribution in [1.29, 1.82) is 0 Å². The minimum absolute atomic E-state index is 0.0714. The van der Waals surface area contributed by atoms with Crippen LogP contribution < -0.4 is 16.0 Å². The van der Waals surface area contributed by atoms with E-state index in [2.05, 4.69) is 16.0 Å². The minimum Gasteiger partial charge on any atom is -0.385 e. The average Bonchev–Trinajstić information content (AvgIpc) is 2.64. The van der Waals surface area contributed by atoms with E-state index in [9.17, 15) is 9.59 Å². The van der Waals surface area contributed by atoms with E-state index in [-0.39, 0.29) is 18.4 Å². The number of rotatable bonds is 9. The van der Waals surface area contributed by atoms with E-state index < -0.39 is 0 Å². The summed E-state index contributed by atoms with van der Waals surface area (Å²) in [5.74, 6) is -0.220. The maximum Gasteiger partial charge on any atom is 0.255 e. The van der Waals surface area contributed by atoms with E-state index in [4.69, 9.17) is 4.74 Å². The highest BCUT2D eigenvalue weighted by Gasteiger charge is 2.06. The van der Waals surface area contributed by atoms with Crippen LogP contribution in [0.2, 0.25) is 0 Å². The molecular formula is C20H25N3O3. The number of nitrogens with one attached hydrogen (secondary N) is 3. The molecule has 0 heterocycles. The molecule has 0 radical (unpaired) electrons. The molecule has 0 spiro atoms. The van der Waals surface area contributed by atoms with Gasteiger partial charge in [-0.25, -0.2) is 0 Å². The van der Waals surface area contributed by atoms with Gasteiger partial charge in [-0.1, -0.05) is 17.7 Å². The molecule has 0 aliphatic rings. The third-order valence-electron chi connectivity index (χ3n) is 3.72. The number of benzene rings is 2. The van der Waals surface area contributed by atoms with Gasteiger partial charge in [0.2, 0.25) is 5.91 Å². The Bertz CT molecular complexity index is 729. The fraction of sp³-hybridized carbons (Fsp3) is 0.300. The first-order valence-electron chi connectivity index (χ1n) is 8.56. The number of hydrogen-bond acceptors (Lipinski definition) is 4. The molecule has 3 N–H and O–H groups in total. The molecule has 2 rings (SSSR count). The Hall–Kier alpha value is -2.86. The van der Waals surface area contributed by atoms with Gasteiger partial charge in [0.15, 0.2) is 0 Å². The Labute approximate surface area is 153 Å². The van der Waals surface area contributed by atoms with Crippen LogP contribution in [0.1, 0.15) is 22.3 Å². The Morgan fingerprint density at radius 1 is 1.04 bits per heavy atom. The Balaban J connectivity index is 1.79. The molecule has 0 aromatic heterocycles. The smallest absolute Gasteiger partial charge is 0.255 e. The lowest BCUT2D eigenvalue weighted by atomic mass is 10.1. The van der Waals surface area contributed by atoms with Crippen LogP contribution in [0.3, 0.4) is 0 Å². The first kappa shape index (κ1) is 19.5. The van der Waals surface area contributed by atoms with Gasteiger partial charge in [-0.15, -0.1) is 0 Å². The number of aryl methyl sites for hydroxylation is 1.